The van der Waals surface area contributed by atoms with Crippen LogP contribution in [0, 0.1) is 6.92 Å². The molecule has 0 aromatic heterocycles. The minimum atomic E-state index is 0.724. The fourth-order valence-corrected chi connectivity index (χ4v) is 2.63. The zero-order valence-electron chi connectivity index (χ0n) is 12.1. The van der Waals surface area contributed by atoms with Gasteiger partial charge in [0.25, 0.3) is 0 Å². The third-order valence-electron chi connectivity index (χ3n) is 2.92. The van der Waals surface area contributed by atoms with Gasteiger partial charge in [-0.3, -0.25) is 0 Å². The first-order valence-corrected chi connectivity index (χ1v) is 7.82. The fraction of sp³-hybridized carbons (Fsp3) is 0.294. The van der Waals surface area contributed by atoms with Crippen molar-refractivity contribution in [2.24, 2.45) is 0 Å². The zero-order valence-corrected chi connectivity index (χ0v) is 12.9. The molecule has 0 fully saturated rings. The van der Waals surface area contributed by atoms with Gasteiger partial charge in [0.2, 0.25) is 0 Å². The lowest BCUT2D eigenvalue weighted by molar-refractivity contribution is 0.343. The summed E-state index contributed by atoms with van der Waals surface area (Å²) in [5.74, 6) is 1.90. The Morgan fingerprint density at radius 2 is 1.90 bits per heavy atom. The first kappa shape index (κ1) is 14.9. The van der Waals surface area contributed by atoms with Crippen molar-refractivity contribution in [2.75, 3.05) is 19.4 Å². The third kappa shape index (κ3) is 4.91. The lowest BCUT2D eigenvalue weighted by Crippen LogP contribution is -2.05. The largest absolute Gasteiger partial charge is 0.493 e. The molecule has 0 amide bonds. The summed E-state index contributed by atoms with van der Waals surface area (Å²) < 4.78 is 5.79. The van der Waals surface area contributed by atoms with Crippen molar-refractivity contribution in [3.63, 3.8) is 0 Å². The topological polar surface area (TPSA) is 21.3 Å². The second-order valence-corrected chi connectivity index (χ2v) is 5.86. The maximum absolute atomic E-state index is 5.79. The Morgan fingerprint density at radius 1 is 1.10 bits per heavy atom. The molecule has 106 valence electrons. The molecule has 0 spiro atoms. The van der Waals surface area contributed by atoms with Crippen LogP contribution in [0.25, 0.3) is 0 Å². The van der Waals surface area contributed by atoms with Gasteiger partial charge >= 0.3 is 0 Å². The number of aryl methyl sites for hydroxylation is 1. The standard InChI is InChI=1S/C17H21NOS/c1-14-6-8-17(9-7-14)20-11-10-19-16-5-3-4-15(12-16)13-18-2/h3-9,12,18H,10-11,13H2,1-2H3. The first-order chi connectivity index (χ1) is 9.78. The number of nitrogens with one attached hydrogen (secondary N) is 1. The van der Waals surface area contributed by atoms with Gasteiger partial charge in [0.1, 0.15) is 5.75 Å². The van der Waals surface area contributed by atoms with Crippen molar-refractivity contribution in [3.8, 4) is 5.75 Å². The molecule has 0 unspecified atom stereocenters. The number of benzene rings is 2. The lowest BCUT2D eigenvalue weighted by atomic mass is 10.2. The van der Waals surface area contributed by atoms with Crippen LogP contribution in [-0.4, -0.2) is 19.4 Å². The number of thioether (sulfide) groups is 1. The van der Waals surface area contributed by atoms with Crippen LogP contribution in [0.15, 0.2) is 53.4 Å². The summed E-state index contributed by atoms with van der Waals surface area (Å²) in [5.41, 5.74) is 2.54. The molecule has 2 aromatic carbocycles. The lowest BCUT2D eigenvalue weighted by Gasteiger charge is -2.08. The highest BCUT2D eigenvalue weighted by atomic mass is 32.2. The Labute approximate surface area is 125 Å². The summed E-state index contributed by atoms with van der Waals surface area (Å²) >= 11 is 1.83. The zero-order chi connectivity index (χ0) is 14.2. The van der Waals surface area contributed by atoms with Crippen LogP contribution in [0.2, 0.25) is 0 Å². The van der Waals surface area contributed by atoms with Crippen LogP contribution in [0.3, 0.4) is 0 Å². The number of hydrogen-bond acceptors (Lipinski definition) is 3. The van der Waals surface area contributed by atoms with Gasteiger partial charge in [-0.15, -0.1) is 11.8 Å². The van der Waals surface area contributed by atoms with E-state index in [4.69, 9.17) is 4.74 Å². The predicted octanol–water partition coefficient (Wildman–Crippen LogP) is 3.89. The molecule has 0 radical (unpaired) electrons. The summed E-state index contributed by atoms with van der Waals surface area (Å²) in [6.07, 6.45) is 0. The Morgan fingerprint density at radius 3 is 2.65 bits per heavy atom. The Hall–Kier alpha value is -1.45. The van der Waals surface area contributed by atoms with E-state index in [1.165, 1.54) is 16.0 Å². The van der Waals surface area contributed by atoms with E-state index < -0.39 is 0 Å². The minimum Gasteiger partial charge on any atom is -0.493 e. The summed E-state index contributed by atoms with van der Waals surface area (Å²) in [6.45, 7) is 3.70. The molecule has 0 saturated carbocycles. The van der Waals surface area contributed by atoms with Gasteiger partial charge in [0.05, 0.1) is 6.61 Å². The second kappa shape index (κ2) is 7.98. The predicted molar refractivity (Wildman–Crippen MR) is 86.6 cm³/mol. The van der Waals surface area contributed by atoms with Crippen LogP contribution in [0.4, 0.5) is 0 Å². The number of ether oxygens (including phenoxy) is 1. The van der Waals surface area contributed by atoms with E-state index in [9.17, 15) is 0 Å². The minimum absolute atomic E-state index is 0.724. The Bertz CT molecular complexity index is 525. The normalized spacial score (nSPS) is 10.5. The van der Waals surface area contributed by atoms with Gasteiger partial charge < -0.3 is 10.1 Å². The first-order valence-electron chi connectivity index (χ1n) is 6.84. The molecular formula is C17H21NOS. The van der Waals surface area contributed by atoms with Gasteiger partial charge in [-0.2, -0.15) is 0 Å². The molecule has 2 aromatic rings. The van der Waals surface area contributed by atoms with Crippen molar-refractivity contribution >= 4 is 11.8 Å². The number of rotatable bonds is 7. The van der Waals surface area contributed by atoms with Crippen LogP contribution in [0.1, 0.15) is 11.1 Å². The molecular weight excluding hydrogens is 266 g/mol. The van der Waals surface area contributed by atoms with Crippen molar-refractivity contribution < 1.29 is 4.74 Å². The second-order valence-electron chi connectivity index (χ2n) is 4.69. The average Bonchev–Trinajstić information content (AvgIpc) is 2.46. The van der Waals surface area contributed by atoms with E-state index in [1.54, 1.807) is 0 Å². The van der Waals surface area contributed by atoms with E-state index in [2.05, 4.69) is 48.6 Å². The van der Waals surface area contributed by atoms with E-state index in [1.807, 2.05) is 30.9 Å². The molecule has 0 aliphatic rings. The van der Waals surface area contributed by atoms with E-state index in [-0.39, 0.29) is 0 Å². The highest BCUT2D eigenvalue weighted by Crippen LogP contribution is 2.19. The van der Waals surface area contributed by atoms with Crippen LogP contribution in [-0.2, 0) is 6.54 Å². The molecule has 0 saturated heterocycles. The fourth-order valence-electron chi connectivity index (χ4n) is 1.90. The van der Waals surface area contributed by atoms with E-state index in [0.29, 0.717) is 0 Å². The van der Waals surface area contributed by atoms with Crippen LogP contribution >= 0.6 is 11.8 Å². The summed E-state index contributed by atoms with van der Waals surface area (Å²) in [6, 6.07) is 16.8. The SMILES string of the molecule is CNCc1cccc(OCCSc2ccc(C)cc2)c1. The Balaban J connectivity index is 1.75. The average molecular weight is 287 g/mol. The van der Waals surface area contributed by atoms with Gasteiger partial charge in [-0.25, -0.2) is 0 Å². The number of hydrogen-bond donors (Lipinski definition) is 1. The van der Waals surface area contributed by atoms with Crippen molar-refractivity contribution in [3.05, 3.63) is 59.7 Å². The summed E-state index contributed by atoms with van der Waals surface area (Å²) in [7, 11) is 1.95. The molecule has 2 rings (SSSR count). The van der Waals surface area contributed by atoms with Crippen LogP contribution in [0.5, 0.6) is 5.75 Å². The van der Waals surface area contributed by atoms with Crippen molar-refractivity contribution in [1.29, 1.82) is 0 Å². The van der Waals surface area contributed by atoms with Gasteiger partial charge in [0, 0.05) is 17.2 Å². The highest BCUT2D eigenvalue weighted by molar-refractivity contribution is 7.99. The summed E-state index contributed by atoms with van der Waals surface area (Å²) in [4.78, 5) is 1.29. The maximum atomic E-state index is 5.79. The molecule has 0 atom stereocenters. The monoisotopic (exact) mass is 287 g/mol. The third-order valence-corrected chi connectivity index (χ3v) is 3.90. The molecule has 0 bridgehead atoms. The quantitative estimate of drug-likeness (QED) is 0.617. The molecule has 0 aliphatic carbocycles. The van der Waals surface area contributed by atoms with Crippen molar-refractivity contribution in [2.45, 2.75) is 18.4 Å². The van der Waals surface area contributed by atoms with E-state index >= 15 is 0 Å². The maximum Gasteiger partial charge on any atom is 0.119 e. The van der Waals surface area contributed by atoms with E-state index in [0.717, 1.165) is 24.7 Å². The molecule has 20 heavy (non-hydrogen) atoms. The summed E-state index contributed by atoms with van der Waals surface area (Å²) in [5, 5.41) is 3.14. The van der Waals surface area contributed by atoms with Gasteiger partial charge in [0.15, 0.2) is 0 Å². The molecule has 2 nitrogen and oxygen atoms in total. The Kier molecular flexibility index (Phi) is 5.96. The van der Waals surface area contributed by atoms with Crippen molar-refractivity contribution in [1.82, 2.24) is 5.32 Å². The molecule has 1 N–H and O–H groups in total. The molecule has 0 heterocycles. The van der Waals surface area contributed by atoms with Crippen LogP contribution < -0.4 is 10.1 Å². The highest BCUT2D eigenvalue weighted by Gasteiger charge is 1.98. The van der Waals surface area contributed by atoms with Gasteiger partial charge in [-0.05, 0) is 43.8 Å². The van der Waals surface area contributed by atoms with Gasteiger partial charge in [-0.1, -0.05) is 29.8 Å². The molecule has 3 heteroatoms. The smallest absolute Gasteiger partial charge is 0.119 e. The molecule has 0 aliphatic heterocycles.